The summed E-state index contributed by atoms with van der Waals surface area (Å²) in [5, 5.41) is 11.1. The Morgan fingerprint density at radius 3 is 2.74 bits per heavy atom. The molecule has 98 valence electrons. The second kappa shape index (κ2) is 5.31. The van der Waals surface area contributed by atoms with Crippen molar-refractivity contribution in [3.05, 3.63) is 50.4 Å². The third-order valence-electron chi connectivity index (χ3n) is 2.43. The molecule has 0 aliphatic heterocycles. The third-order valence-corrected chi connectivity index (χ3v) is 2.97. The van der Waals surface area contributed by atoms with Crippen molar-refractivity contribution >= 4 is 21.6 Å². The molecule has 0 unspecified atom stereocenters. The summed E-state index contributed by atoms with van der Waals surface area (Å²) in [6.45, 7) is 3.55. The first kappa shape index (κ1) is 13.4. The molecular weight excluding hydrogens is 314 g/mol. The number of nitrogens with zero attached hydrogens (tertiary/aromatic N) is 3. The van der Waals surface area contributed by atoms with Gasteiger partial charge < -0.3 is 4.74 Å². The first-order valence-electron chi connectivity index (χ1n) is 5.38. The second-order valence-electron chi connectivity index (χ2n) is 3.97. The zero-order valence-corrected chi connectivity index (χ0v) is 11.8. The van der Waals surface area contributed by atoms with E-state index in [1.807, 2.05) is 6.07 Å². The smallest absolute Gasteiger partial charge is 0.312 e. The van der Waals surface area contributed by atoms with Crippen LogP contribution in [0.3, 0.4) is 0 Å². The molecule has 2 rings (SSSR count). The first-order chi connectivity index (χ1) is 8.99. The van der Waals surface area contributed by atoms with Crippen LogP contribution < -0.4 is 4.74 Å². The molecule has 0 amide bonds. The van der Waals surface area contributed by atoms with Gasteiger partial charge in [0.15, 0.2) is 0 Å². The Bertz CT molecular complexity index is 646. The number of rotatable bonds is 3. The van der Waals surface area contributed by atoms with Crippen LogP contribution in [0, 0.1) is 24.0 Å². The lowest BCUT2D eigenvalue weighted by Gasteiger charge is -2.10. The van der Waals surface area contributed by atoms with Crippen molar-refractivity contribution in [2.45, 2.75) is 13.8 Å². The maximum atomic E-state index is 11.1. The summed E-state index contributed by atoms with van der Waals surface area (Å²) in [7, 11) is 0. The quantitative estimate of drug-likeness (QED) is 0.637. The van der Waals surface area contributed by atoms with Crippen molar-refractivity contribution in [2.24, 2.45) is 0 Å². The van der Waals surface area contributed by atoms with Crippen molar-refractivity contribution in [1.82, 2.24) is 9.97 Å². The van der Waals surface area contributed by atoms with E-state index >= 15 is 0 Å². The number of hydrogen-bond acceptors (Lipinski definition) is 5. The van der Waals surface area contributed by atoms with Gasteiger partial charge >= 0.3 is 5.69 Å². The van der Waals surface area contributed by atoms with E-state index in [0.29, 0.717) is 10.0 Å². The highest BCUT2D eigenvalue weighted by molar-refractivity contribution is 9.10. The lowest BCUT2D eigenvalue weighted by molar-refractivity contribution is -0.385. The van der Waals surface area contributed by atoms with E-state index in [9.17, 15) is 10.1 Å². The molecule has 0 fully saturated rings. The van der Waals surface area contributed by atoms with E-state index in [4.69, 9.17) is 4.74 Å². The predicted molar refractivity (Wildman–Crippen MR) is 72.4 cm³/mol. The fraction of sp³-hybridized carbons (Fsp3) is 0.167. The molecule has 0 atom stereocenters. The maximum absolute atomic E-state index is 11.1. The number of nitro groups is 1. The van der Waals surface area contributed by atoms with Gasteiger partial charge in [-0.25, -0.2) is 9.97 Å². The molecule has 1 heterocycles. The molecule has 0 radical (unpaired) electrons. The molecule has 6 nitrogen and oxygen atoms in total. The highest BCUT2D eigenvalue weighted by Gasteiger charge is 2.20. The fourth-order valence-corrected chi connectivity index (χ4v) is 1.98. The number of aromatic nitrogens is 2. The average molecular weight is 324 g/mol. The lowest BCUT2D eigenvalue weighted by atomic mass is 10.1. The Kier molecular flexibility index (Phi) is 3.75. The van der Waals surface area contributed by atoms with Crippen LogP contribution in [0.4, 0.5) is 5.69 Å². The number of halogens is 1. The van der Waals surface area contributed by atoms with Crippen LogP contribution in [-0.2, 0) is 0 Å². The minimum atomic E-state index is -0.468. The summed E-state index contributed by atoms with van der Waals surface area (Å²) in [4.78, 5) is 18.4. The van der Waals surface area contributed by atoms with Gasteiger partial charge in [0.05, 0.1) is 9.40 Å². The van der Waals surface area contributed by atoms with Crippen molar-refractivity contribution in [2.75, 3.05) is 0 Å². The summed E-state index contributed by atoms with van der Waals surface area (Å²) in [5.74, 6) is 0.431. The molecule has 1 aromatic heterocycles. The van der Waals surface area contributed by atoms with E-state index < -0.39 is 4.92 Å². The monoisotopic (exact) mass is 323 g/mol. The summed E-state index contributed by atoms with van der Waals surface area (Å²) in [6, 6.07) is 3.29. The largest absolute Gasteiger partial charge is 0.430 e. The molecule has 7 heteroatoms. The van der Waals surface area contributed by atoms with Crippen LogP contribution >= 0.6 is 15.9 Å². The summed E-state index contributed by atoms with van der Waals surface area (Å²) >= 11 is 3.23. The highest BCUT2D eigenvalue weighted by atomic mass is 79.9. The molecule has 0 spiro atoms. The van der Waals surface area contributed by atoms with Crippen LogP contribution in [0.25, 0.3) is 0 Å². The highest BCUT2D eigenvalue weighted by Crippen LogP contribution is 2.36. The molecule has 0 aliphatic rings. The van der Waals surface area contributed by atoms with Crippen LogP contribution in [0.5, 0.6) is 11.6 Å². The van der Waals surface area contributed by atoms with Gasteiger partial charge in [0.2, 0.25) is 11.6 Å². The van der Waals surface area contributed by atoms with Crippen molar-refractivity contribution < 1.29 is 9.66 Å². The summed E-state index contributed by atoms with van der Waals surface area (Å²) < 4.78 is 6.08. The zero-order chi connectivity index (χ0) is 14.0. The second-order valence-corrected chi connectivity index (χ2v) is 4.82. The topological polar surface area (TPSA) is 78.2 Å². The lowest BCUT2D eigenvalue weighted by Crippen LogP contribution is -1.98. The fourth-order valence-electron chi connectivity index (χ4n) is 1.67. The van der Waals surface area contributed by atoms with E-state index in [2.05, 4.69) is 25.9 Å². The van der Waals surface area contributed by atoms with Gasteiger partial charge in [-0.05, 0) is 40.9 Å². The molecule has 0 aliphatic carbocycles. The molecule has 0 N–H and O–H groups in total. The van der Waals surface area contributed by atoms with Gasteiger partial charge in [0.25, 0.3) is 0 Å². The number of ether oxygens (including phenoxy) is 1. The van der Waals surface area contributed by atoms with Crippen molar-refractivity contribution in [3.63, 3.8) is 0 Å². The first-order valence-corrected chi connectivity index (χ1v) is 6.17. The van der Waals surface area contributed by atoms with Crippen LogP contribution in [0.1, 0.15) is 11.1 Å². The molecule has 19 heavy (non-hydrogen) atoms. The number of hydrogen-bond donors (Lipinski definition) is 0. The van der Waals surface area contributed by atoms with Crippen molar-refractivity contribution in [3.8, 4) is 11.6 Å². The Balaban J connectivity index is 2.51. The number of nitro benzene ring substituents is 1. The minimum absolute atomic E-state index is 0.0805. The molecule has 0 saturated carbocycles. The average Bonchev–Trinajstić information content (AvgIpc) is 2.34. The SMILES string of the molecule is Cc1cc(C)c(Oc2ncncc2Br)c([N+](=O)[O-])c1. The maximum Gasteiger partial charge on any atom is 0.312 e. The van der Waals surface area contributed by atoms with Crippen molar-refractivity contribution in [1.29, 1.82) is 0 Å². The van der Waals surface area contributed by atoms with Gasteiger partial charge in [-0.3, -0.25) is 10.1 Å². The Morgan fingerprint density at radius 2 is 2.11 bits per heavy atom. The molecule has 2 aromatic rings. The Morgan fingerprint density at radius 1 is 1.37 bits per heavy atom. The zero-order valence-electron chi connectivity index (χ0n) is 10.3. The van der Waals surface area contributed by atoms with Gasteiger partial charge in [0.1, 0.15) is 6.33 Å². The molecule has 0 saturated heterocycles. The van der Waals surface area contributed by atoms with Crippen LogP contribution in [0.15, 0.2) is 29.1 Å². The molecule has 0 bridgehead atoms. The van der Waals surface area contributed by atoms with Crippen LogP contribution in [-0.4, -0.2) is 14.9 Å². The van der Waals surface area contributed by atoms with E-state index in [0.717, 1.165) is 5.56 Å². The number of benzene rings is 1. The normalized spacial score (nSPS) is 10.3. The van der Waals surface area contributed by atoms with E-state index in [-0.39, 0.29) is 17.3 Å². The minimum Gasteiger partial charge on any atom is -0.430 e. The summed E-state index contributed by atoms with van der Waals surface area (Å²) in [6.07, 6.45) is 2.83. The van der Waals surface area contributed by atoms with E-state index in [1.165, 1.54) is 18.6 Å². The van der Waals surface area contributed by atoms with Gasteiger partial charge in [0, 0.05) is 12.3 Å². The standard InChI is InChI=1S/C12H10BrN3O3/c1-7-3-8(2)11(10(4-7)16(17)18)19-12-9(13)5-14-6-15-12/h3-6H,1-2H3. The van der Waals surface area contributed by atoms with Gasteiger partial charge in [-0.2, -0.15) is 0 Å². The molecule has 1 aromatic carbocycles. The van der Waals surface area contributed by atoms with Gasteiger partial charge in [-0.15, -0.1) is 0 Å². The predicted octanol–water partition coefficient (Wildman–Crippen LogP) is 3.56. The Labute approximate surface area is 117 Å². The van der Waals surface area contributed by atoms with E-state index in [1.54, 1.807) is 13.8 Å². The third kappa shape index (κ3) is 2.87. The van der Waals surface area contributed by atoms with Crippen LogP contribution in [0.2, 0.25) is 0 Å². The molecular formula is C12H10BrN3O3. The number of aryl methyl sites for hydroxylation is 2. The summed E-state index contributed by atoms with van der Waals surface area (Å²) in [5.41, 5.74) is 1.40. The van der Waals surface area contributed by atoms with Gasteiger partial charge in [-0.1, -0.05) is 6.07 Å². The Hall–Kier alpha value is -2.02.